The van der Waals surface area contributed by atoms with Gasteiger partial charge in [0.05, 0.1) is 0 Å². The molecule has 0 bridgehead atoms. The number of carbonyl (C=O) groups excluding carboxylic acids is 1. The lowest BCUT2D eigenvalue weighted by Gasteiger charge is -2.17. The Hall–Kier alpha value is -1.75. The molecule has 0 radical (unpaired) electrons. The SMILES string of the molecule is O=C(NC1CC1)[C@@H](Sc1nccn1C1CC1)c1ccccc1. The lowest BCUT2D eigenvalue weighted by Crippen LogP contribution is -2.29. The minimum atomic E-state index is -0.235. The number of nitrogens with zero attached hydrogens (tertiary/aromatic N) is 2. The maximum Gasteiger partial charge on any atom is 0.238 e. The van der Waals surface area contributed by atoms with Crippen molar-refractivity contribution in [1.82, 2.24) is 14.9 Å². The summed E-state index contributed by atoms with van der Waals surface area (Å²) in [6.45, 7) is 0. The average Bonchev–Trinajstić information content (AvgIpc) is 3.47. The van der Waals surface area contributed by atoms with Crippen molar-refractivity contribution in [3.8, 4) is 0 Å². The Bertz CT molecular complexity index is 662. The molecule has 2 fully saturated rings. The molecule has 0 aliphatic heterocycles. The van der Waals surface area contributed by atoms with Crippen molar-refractivity contribution in [2.75, 3.05) is 0 Å². The predicted octanol–water partition coefficient (Wildman–Crippen LogP) is 3.33. The Morgan fingerprint density at radius 3 is 2.68 bits per heavy atom. The molecule has 1 aromatic carbocycles. The number of thioether (sulfide) groups is 1. The van der Waals surface area contributed by atoms with Crippen molar-refractivity contribution in [1.29, 1.82) is 0 Å². The molecule has 1 heterocycles. The van der Waals surface area contributed by atoms with E-state index in [4.69, 9.17) is 0 Å². The summed E-state index contributed by atoms with van der Waals surface area (Å²) in [5.41, 5.74) is 1.04. The highest BCUT2D eigenvalue weighted by Crippen LogP contribution is 2.41. The van der Waals surface area contributed by atoms with Crippen LogP contribution in [0, 0.1) is 0 Å². The van der Waals surface area contributed by atoms with Crippen LogP contribution >= 0.6 is 11.8 Å². The van der Waals surface area contributed by atoms with Crippen molar-refractivity contribution in [3.05, 3.63) is 48.3 Å². The summed E-state index contributed by atoms with van der Waals surface area (Å²) >= 11 is 1.56. The molecule has 114 valence electrons. The number of benzene rings is 1. The van der Waals surface area contributed by atoms with E-state index in [-0.39, 0.29) is 11.2 Å². The number of rotatable bonds is 6. The zero-order chi connectivity index (χ0) is 14.9. The standard InChI is InChI=1S/C17H19N3OS/c21-16(19-13-6-7-13)15(12-4-2-1-3-5-12)22-17-18-10-11-20(17)14-8-9-14/h1-5,10-11,13-15H,6-9H2,(H,19,21)/t15-/m0/s1. The van der Waals surface area contributed by atoms with Gasteiger partial charge in [-0.1, -0.05) is 42.1 Å². The van der Waals surface area contributed by atoms with Gasteiger partial charge in [0.1, 0.15) is 5.25 Å². The van der Waals surface area contributed by atoms with Crippen LogP contribution in [0.15, 0.2) is 47.9 Å². The molecule has 2 aliphatic carbocycles. The second-order valence-corrected chi connectivity index (χ2v) is 7.11. The van der Waals surface area contributed by atoms with Gasteiger partial charge < -0.3 is 9.88 Å². The molecule has 22 heavy (non-hydrogen) atoms. The van der Waals surface area contributed by atoms with E-state index in [0.717, 1.165) is 23.6 Å². The van der Waals surface area contributed by atoms with Gasteiger partial charge in [-0.15, -0.1) is 0 Å². The summed E-state index contributed by atoms with van der Waals surface area (Å²) in [4.78, 5) is 17.1. The van der Waals surface area contributed by atoms with Crippen molar-refractivity contribution >= 4 is 17.7 Å². The van der Waals surface area contributed by atoms with Crippen LogP contribution in [0.2, 0.25) is 0 Å². The highest BCUT2D eigenvalue weighted by Gasteiger charge is 2.32. The molecule has 4 rings (SSSR count). The number of hydrogen-bond donors (Lipinski definition) is 1. The van der Waals surface area contributed by atoms with E-state index in [1.54, 1.807) is 11.8 Å². The van der Waals surface area contributed by atoms with E-state index in [9.17, 15) is 4.79 Å². The Kier molecular flexibility index (Phi) is 3.66. The molecule has 2 saturated carbocycles. The topological polar surface area (TPSA) is 46.9 Å². The summed E-state index contributed by atoms with van der Waals surface area (Å²) in [6, 6.07) is 11.0. The van der Waals surface area contributed by atoms with Crippen LogP contribution in [0.5, 0.6) is 0 Å². The zero-order valence-corrected chi connectivity index (χ0v) is 13.1. The van der Waals surface area contributed by atoms with Gasteiger partial charge in [-0.3, -0.25) is 4.79 Å². The average molecular weight is 313 g/mol. The van der Waals surface area contributed by atoms with Crippen LogP contribution in [0.25, 0.3) is 0 Å². The fourth-order valence-corrected chi connectivity index (χ4v) is 3.66. The van der Waals surface area contributed by atoms with Crippen LogP contribution in [0.3, 0.4) is 0 Å². The van der Waals surface area contributed by atoms with E-state index in [1.165, 1.54) is 12.8 Å². The minimum Gasteiger partial charge on any atom is -0.352 e. The monoisotopic (exact) mass is 313 g/mol. The van der Waals surface area contributed by atoms with Crippen LogP contribution in [-0.4, -0.2) is 21.5 Å². The number of imidazole rings is 1. The third kappa shape index (κ3) is 3.04. The van der Waals surface area contributed by atoms with E-state index in [0.29, 0.717) is 12.1 Å². The van der Waals surface area contributed by atoms with Crippen molar-refractivity contribution in [2.24, 2.45) is 0 Å². The molecule has 1 amide bonds. The first-order valence-electron chi connectivity index (χ1n) is 7.86. The largest absolute Gasteiger partial charge is 0.352 e. The van der Waals surface area contributed by atoms with Crippen LogP contribution < -0.4 is 5.32 Å². The predicted molar refractivity (Wildman–Crippen MR) is 86.7 cm³/mol. The molecule has 0 saturated heterocycles. The van der Waals surface area contributed by atoms with E-state index in [1.807, 2.05) is 42.7 Å². The lowest BCUT2D eigenvalue weighted by molar-refractivity contribution is -0.120. The van der Waals surface area contributed by atoms with Gasteiger partial charge >= 0.3 is 0 Å². The summed E-state index contributed by atoms with van der Waals surface area (Å²) < 4.78 is 2.21. The number of hydrogen-bond acceptors (Lipinski definition) is 3. The maximum atomic E-state index is 12.6. The fraction of sp³-hybridized carbons (Fsp3) is 0.412. The molecule has 5 heteroatoms. The van der Waals surface area contributed by atoms with Crippen molar-refractivity contribution in [2.45, 2.75) is 48.2 Å². The second kappa shape index (κ2) is 5.80. The molecular formula is C17H19N3OS. The third-order valence-electron chi connectivity index (χ3n) is 4.06. The Labute approximate surface area is 134 Å². The van der Waals surface area contributed by atoms with Crippen molar-refractivity contribution in [3.63, 3.8) is 0 Å². The molecule has 0 spiro atoms. The van der Waals surface area contributed by atoms with Gasteiger partial charge in [-0.25, -0.2) is 4.98 Å². The van der Waals surface area contributed by atoms with Gasteiger partial charge in [-0.05, 0) is 31.2 Å². The summed E-state index contributed by atoms with van der Waals surface area (Å²) in [7, 11) is 0. The van der Waals surface area contributed by atoms with Crippen LogP contribution in [-0.2, 0) is 4.79 Å². The van der Waals surface area contributed by atoms with Gasteiger partial charge in [0.15, 0.2) is 5.16 Å². The molecule has 1 aromatic heterocycles. The molecule has 1 N–H and O–H groups in total. The summed E-state index contributed by atoms with van der Waals surface area (Å²) in [6.07, 6.45) is 8.51. The lowest BCUT2D eigenvalue weighted by atomic mass is 10.1. The number of nitrogens with one attached hydrogen (secondary N) is 1. The third-order valence-corrected chi connectivity index (χ3v) is 5.31. The fourth-order valence-electron chi connectivity index (χ4n) is 2.53. The number of carbonyl (C=O) groups is 1. The Balaban J connectivity index is 1.58. The molecule has 1 atom stereocenters. The maximum absolute atomic E-state index is 12.6. The second-order valence-electron chi connectivity index (χ2n) is 6.04. The first kappa shape index (κ1) is 13.9. The van der Waals surface area contributed by atoms with Gasteiger partial charge in [-0.2, -0.15) is 0 Å². The normalized spacial score (nSPS) is 18.9. The quantitative estimate of drug-likeness (QED) is 0.832. The number of aromatic nitrogens is 2. The van der Waals surface area contributed by atoms with Crippen molar-refractivity contribution < 1.29 is 4.79 Å². The van der Waals surface area contributed by atoms with Gasteiger partial charge in [0, 0.05) is 24.5 Å². The summed E-state index contributed by atoms with van der Waals surface area (Å²) in [5, 5.41) is 3.84. The first-order chi connectivity index (χ1) is 10.8. The number of amides is 1. The molecule has 4 nitrogen and oxygen atoms in total. The molecule has 2 aliphatic rings. The van der Waals surface area contributed by atoms with E-state index in [2.05, 4.69) is 14.9 Å². The van der Waals surface area contributed by atoms with Crippen LogP contribution in [0.1, 0.15) is 42.5 Å². The highest BCUT2D eigenvalue weighted by atomic mass is 32.2. The molecular weight excluding hydrogens is 294 g/mol. The zero-order valence-electron chi connectivity index (χ0n) is 12.3. The smallest absolute Gasteiger partial charge is 0.238 e. The van der Waals surface area contributed by atoms with Gasteiger partial charge in [0.2, 0.25) is 5.91 Å². The highest BCUT2D eigenvalue weighted by molar-refractivity contribution is 8.00. The van der Waals surface area contributed by atoms with Crippen LogP contribution in [0.4, 0.5) is 0 Å². The van der Waals surface area contributed by atoms with Gasteiger partial charge in [0.25, 0.3) is 0 Å². The van der Waals surface area contributed by atoms with E-state index >= 15 is 0 Å². The molecule has 0 unspecified atom stereocenters. The molecule has 2 aromatic rings. The Morgan fingerprint density at radius 2 is 2.00 bits per heavy atom. The Morgan fingerprint density at radius 1 is 1.23 bits per heavy atom. The summed E-state index contributed by atoms with van der Waals surface area (Å²) in [5.74, 6) is 0.101. The minimum absolute atomic E-state index is 0.101. The van der Waals surface area contributed by atoms with E-state index < -0.39 is 0 Å². The first-order valence-corrected chi connectivity index (χ1v) is 8.74.